The molecule has 1 saturated heterocycles. The van der Waals surface area contributed by atoms with Crippen molar-refractivity contribution in [3.05, 3.63) is 28.2 Å². The zero-order chi connectivity index (χ0) is 13.4. The lowest BCUT2D eigenvalue weighted by molar-refractivity contribution is 0.0256. The van der Waals surface area contributed by atoms with E-state index in [-0.39, 0.29) is 6.04 Å². The van der Waals surface area contributed by atoms with Gasteiger partial charge in [0.1, 0.15) is 0 Å². The summed E-state index contributed by atoms with van der Waals surface area (Å²) in [6.45, 7) is 3.85. The maximum atomic E-state index is 5.96. The second kappa shape index (κ2) is 5.43. The fourth-order valence-corrected chi connectivity index (χ4v) is 4.04. The summed E-state index contributed by atoms with van der Waals surface area (Å²) in [4.78, 5) is 2.51. The molecule has 3 nitrogen and oxygen atoms in total. The van der Waals surface area contributed by atoms with E-state index in [1.807, 2.05) is 6.92 Å². The van der Waals surface area contributed by atoms with Crippen molar-refractivity contribution in [2.45, 2.75) is 44.4 Å². The highest BCUT2D eigenvalue weighted by molar-refractivity contribution is 9.10. The first-order valence-electron chi connectivity index (χ1n) is 7.10. The number of fused-ring (bicyclic) bond motifs is 1. The van der Waals surface area contributed by atoms with Crippen LogP contribution in [0.3, 0.4) is 0 Å². The number of nitrogens with zero attached hydrogens (tertiary/aromatic N) is 1. The van der Waals surface area contributed by atoms with Gasteiger partial charge in [0.05, 0.1) is 18.8 Å². The minimum Gasteiger partial charge on any atom is -0.374 e. The highest BCUT2D eigenvalue weighted by atomic mass is 79.9. The van der Waals surface area contributed by atoms with Crippen LogP contribution in [0.5, 0.6) is 0 Å². The highest BCUT2D eigenvalue weighted by Crippen LogP contribution is 2.35. The van der Waals surface area contributed by atoms with Crippen LogP contribution in [0.1, 0.15) is 37.8 Å². The van der Waals surface area contributed by atoms with Gasteiger partial charge in [0.25, 0.3) is 0 Å². The number of anilines is 1. The number of nitrogens with two attached hydrogens (primary N) is 1. The average molecular weight is 325 g/mol. The molecule has 2 aliphatic rings. The molecule has 104 valence electrons. The number of benzene rings is 1. The minimum absolute atomic E-state index is 0.0624. The Kier molecular flexibility index (Phi) is 3.83. The zero-order valence-corrected chi connectivity index (χ0v) is 12.9. The molecule has 1 aliphatic heterocycles. The summed E-state index contributed by atoms with van der Waals surface area (Å²) >= 11 is 3.65. The lowest BCUT2D eigenvalue weighted by atomic mass is 10.1. The molecule has 0 radical (unpaired) electrons. The van der Waals surface area contributed by atoms with E-state index in [1.165, 1.54) is 30.5 Å². The van der Waals surface area contributed by atoms with Crippen LogP contribution >= 0.6 is 15.9 Å². The quantitative estimate of drug-likeness (QED) is 0.907. The molecular formula is C15H21BrN2O. The second-order valence-corrected chi connectivity index (χ2v) is 6.45. The number of hydrogen-bond acceptors (Lipinski definition) is 3. The maximum Gasteiger partial charge on any atom is 0.0779 e. The summed E-state index contributed by atoms with van der Waals surface area (Å²) in [6, 6.07) is 7.17. The molecule has 1 aromatic rings. The fraction of sp³-hybridized carbons (Fsp3) is 0.600. The van der Waals surface area contributed by atoms with E-state index in [2.05, 4.69) is 39.0 Å². The minimum atomic E-state index is 0.0624. The van der Waals surface area contributed by atoms with Crippen molar-refractivity contribution in [3.63, 3.8) is 0 Å². The smallest absolute Gasteiger partial charge is 0.0779 e. The molecule has 4 heteroatoms. The molecule has 1 saturated carbocycles. The number of morpholine rings is 1. The Morgan fingerprint density at radius 2 is 2.26 bits per heavy atom. The molecule has 3 rings (SSSR count). The van der Waals surface area contributed by atoms with Gasteiger partial charge in [-0.05, 0) is 43.9 Å². The van der Waals surface area contributed by atoms with E-state index >= 15 is 0 Å². The predicted octanol–water partition coefficient (Wildman–Crippen LogP) is 3.23. The van der Waals surface area contributed by atoms with Gasteiger partial charge in [-0.15, -0.1) is 0 Å². The Morgan fingerprint density at radius 3 is 3.00 bits per heavy atom. The van der Waals surface area contributed by atoms with Crippen LogP contribution in [0.25, 0.3) is 0 Å². The summed E-state index contributed by atoms with van der Waals surface area (Å²) in [5.74, 6) is 0. The van der Waals surface area contributed by atoms with Crippen LogP contribution < -0.4 is 10.6 Å². The number of hydrogen-bond donors (Lipinski definition) is 1. The molecule has 1 heterocycles. The lowest BCUT2D eigenvalue weighted by Gasteiger charge is -2.39. The third-order valence-corrected chi connectivity index (χ3v) is 4.98. The van der Waals surface area contributed by atoms with Gasteiger partial charge in [0, 0.05) is 22.7 Å². The van der Waals surface area contributed by atoms with Crippen molar-refractivity contribution >= 4 is 21.6 Å². The van der Waals surface area contributed by atoms with E-state index in [9.17, 15) is 0 Å². The molecule has 2 N–H and O–H groups in total. The molecule has 2 fully saturated rings. The Hall–Kier alpha value is -0.580. The number of ether oxygens (including phenoxy) is 1. The molecule has 1 aromatic carbocycles. The standard InChI is InChI=1S/C15H21BrN2O/c1-10(17)12-6-5-11(9-13(12)16)18-7-8-19-15-4-2-3-14(15)18/h5-6,9-10,14-15H,2-4,7-8,17H2,1H3/t10-,14?,15?/m1/s1. The van der Waals surface area contributed by atoms with Gasteiger partial charge in [-0.3, -0.25) is 0 Å². The van der Waals surface area contributed by atoms with Gasteiger partial charge in [-0.2, -0.15) is 0 Å². The van der Waals surface area contributed by atoms with Crippen LogP contribution in [0.2, 0.25) is 0 Å². The third kappa shape index (κ3) is 2.54. The monoisotopic (exact) mass is 324 g/mol. The van der Waals surface area contributed by atoms with Crippen molar-refractivity contribution in [2.75, 3.05) is 18.1 Å². The third-order valence-electron chi connectivity index (χ3n) is 4.29. The highest BCUT2D eigenvalue weighted by Gasteiger charge is 2.36. The molecule has 1 aliphatic carbocycles. The normalized spacial score (nSPS) is 28.3. The van der Waals surface area contributed by atoms with Crippen molar-refractivity contribution in [3.8, 4) is 0 Å². The van der Waals surface area contributed by atoms with Crippen molar-refractivity contribution < 1.29 is 4.74 Å². The Labute approximate surface area is 123 Å². The SMILES string of the molecule is C[C@@H](N)c1ccc(N2CCOC3CCCC32)cc1Br. The van der Waals surface area contributed by atoms with Crippen molar-refractivity contribution in [1.29, 1.82) is 0 Å². The summed E-state index contributed by atoms with van der Waals surface area (Å²) in [7, 11) is 0. The van der Waals surface area contributed by atoms with Gasteiger partial charge in [-0.1, -0.05) is 22.0 Å². The number of rotatable bonds is 2. The van der Waals surface area contributed by atoms with E-state index in [4.69, 9.17) is 10.5 Å². The Morgan fingerprint density at radius 1 is 1.42 bits per heavy atom. The molecule has 0 bridgehead atoms. The molecule has 2 unspecified atom stereocenters. The van der Waals surface area contributed by atoms with Crippen LogP contribution in [-0.4, -0.2) is 25.3 Å². The number of halogens is 1. The molecule has 0 amide bonds. The summed E-state index contributed by atoms with van der Waals surface area (Å²) in [5.41, 5.74) is 8.42. The second-order valence-electron chi connectivity index (χ2n) is 5.60. The van der Waals surface area contributed by atoms with Crippen LogP contribution in [0.4, 0.5) is 5.69 Å². The lowest BCUT2D eigenvalue weighted by Crippen LogP contribution is -2.48. The Bertz CT molecular complexity index is 463. The van der Waals surface area contributed by atoms with Crippen molar-refractivity contribution in [1.82, 2.24) is 0 Å². The fourth-order valence-electron chi connectivity index (χ4n) is 3.31. The predicted molar refractivity (Wildman–Crippen MR) is 81.5 cm³/mol. The van der Waals surface area contributed by atoms with Gasteiger partial charge < -0.3 is 15.4 Å². The van der Waals surface area contributed by atoms with Crippen LogP contribution in [0.15, 0.2) is 22.7 Å². The maximum absolute atomic E-state index is 5.96. The summed E-state index contributed by atoms with van der Waals surface area (Å²) < 4.78 is 6.98. The first-order chi connectivity index (χ1) is 9.16. The Balaban J connectivity index is 1.87. The molecule has 3 atom stereocenters. The summed E-state index contributed by atoms with van der Waals surface area (Å²) in [5, 5.41) is 0. The van der Waals surface area contributed by atoms with Gasteiger partial charge in [-0.25, -0.2) is 0 Å². The van der Waals surface area contributed by atoms with Gasteiger partial charge in [0.15, 0.2) is 0 Å². The average Bonchev–Trinajstić information content (AvgIpc) is 2.86. The molecule has 0 aromatic heterocycles. The molecule has 19 heavy (non-hydrogen) atoms. The van der Waals surface area contributed by atoms with E-state index in [1.54, 1.807) is 0 Å². The van der Waals surface area contributed by atoms with Crippen molar-refractivity contribution in [2.24, 2.45) is 5.73 Å². The summed E-state index contributed by atoms with van der Waals surface area (Å²) in [6.07, 6.45) is 4.17. The molecular weight excluding hydrogens is 304 g/mol. The van der Waals surface area contributed by atoms with E-state index in [0.717, 1.165) is 17.6 Å². The van der Waals surface area contributed by atoms with Crippen LogP contribution in [0, 0.1) is 0 Å². The zero-order valence-electron chi connectivity index (χ0n) is 11.3. The first kappa shape index (κ1) is 13.4. The largest absolute Gasteiger partial charge is 0.374 e. The van der Waals surface area contributed by atoms with Gasteiger partial charge in [0.2, 0.25) is 0 Å². The topological polar surface area (TPSA) is 38.5 Å². The first-order valence-corrected chi connectivity index (χ1v) is 7.89. The van der Waals surface area contributed by atoms with Gasteiger partial charge >= 0.3 is 0 Å². The van der Waals surface area contributed by atoms with Crippen LogP contribution in [-0.2, 0) is 4.74 Å². The molecule has 0 spiro atoms. The van der Waals surface area contributed by atoms with E-state index in [0.29, 0.717) is 12.1 Å². The van der Waals surface area contributed by atoms with E-state index < -0.39 is 0 Å².